The Bertz CT molecular complexity index is 1490. The van der Waals surface area contributed by atoms with E-state index in [1.54, 1.807) is 12.1 Å². The van der Waals surface area contributed by atoms with Crippen molar-refractivity contribution in [2.75, 3.05) is 25.0 Å². The van der Waals surface area contributed by atoms with Gasteiger partial charge in [0.2, 0.25) is 15.9 Å². The maximum atomic E-state index is 13.1. The standard InChI is InChI=1S/C24H23FN4O6S/c1-2-33-19-5-3-4-16-14-20(34-21(16)19)23-27-28-24(35-23)26-22(30)15-10-12-29(13-11-15)36(31,32)18-8-6-17(25)7-9-18/h3-9,14-15H,2,10-13H2,1H3,(H,26,28,30). The van der Waals surface area contributed by atoms with Gasteiger partial charge >= 0.3 is 6.01 Å². The summed E-state index contributed by atoms with van der Waals surface area (Å²) in [6, 6.07) is 11.9. The van der Waals surface area contributed by atoms with Gasteiger partial charge in [0.1, 0.15) is 5.82 Å². The first-order valence-electron chi connectivity index (χ1n) is 11.4. The fraction of sp³-hybridized carbons (Fsp3) is 0.292. The van der Waals surface area contributed by atoms with Crippen LogP contribution in [0.3, 0.4) is 0 Å². The molecule has 2 aromatic carbocycles. The van der Waals surface area contributed by atoms with Crippen LogP contribution >= 0.6 is 0 Å². The molecule has 1 fully saturated rings. The van der Waals surface area contributed by atoms with Gasteiger partial charge in [0.15, 0.2) is 17.1 Å². The van der Waals surface area contributed by atoms with E-state index >= 15 is 0 Å². The van der Waals surface area contributed by atoms with E-state index in [4.69, 9.17) is 13.6 Å². The largest absolute Gasteiger partial charge is 0.490 e. The van der Waals surface area contributed by atoms with Crippen LogP contribution in [-0.4, -0.2) is 48.5 Å². The zero-order valence-electron chi connectivity index (χ0n) is 19.3. The van der Waals surface area contributed by atoms with Crippen molar-refractivity contribution in [2.24, 2.45) is 5.92 Å². The molecule has 3 heterocycles. The Hall–Kier alpha value is -3.77. The molecule has 188 valence electrons. The second-order valence-corrected chi connectivity index (χ2v) is 10.2. The number of aromatic nitrogens is 2. The molecule has 5 rings (SSSR count). The molecule has 0 spiro atoms. The number of amides is 1. The van der Waals surface area contributed by atoms with Crippen molar-refractivity contribution in [2.45, 2.75) is 24.7 Å². The minimum atomic E-state index is -3.76. The molecular weight excluding hydrogens is 491 g/mol. The average molecular weight is 515 g/mol. The van der Waals surface area contributed by atoms with Gasteiger partial charge < -0.3 is 13.6 Å². The highest BCUT2D eigenvalue weighted by atomic mass is 32.2. The summed E-state index contributed by atoms with van der Waals surface area (Å²) in [7, 11) is -3.76. The molecule has 1 aliphatic heterocycles. The van der Waals surface area contributed by atoms with Crippen LogP contribution in [0.4, 0.5) is 10.4 Å². The van der Waals surface area contributed by atoms with Crippen molar-refractivity contribution >= 4 is 32.9 Å². The fourth-order valence-corrected chi connectivity index (χ4v) is 5.58. The molecule has 0 saturated carbocycles. The highest BCUT2D eigenvalue weighted by Gasteiger charge is 2.32. The van der Waals surface area contributed by atoms with E-state index in [-0.39, 0.29) is 35.8 Å². The smallest absolute Gasteiger partial charge is 0.322 e. The van der Waals surface area contributed by atoms with Gasteiger partial charge in [-0.25, -0.2) is 12.8 Å². The number of para-hydroxylation sites is 1. The molecule has 0 atom stereocenters. The highest BCUT2D eigenvalue weighted by Crippen LogP contribution is 2.33. The molecule has 36 heavy (non-hydrogen) atoms. The molecule has 0 aliphatic carbocycles. The number of hydrogen-bond donors (Lipinski definition) is 1. The summed E-state index contributed by atoms with van der Waals surface area (Å²) in [6.07, 6.45) is 0.633. The van der Waals surface area contributed by atoms with Crippen LogP contribution in [0.5, 0.6) is 5.75 Å². The Balaban J connectivity index is 1.22. The zero-order valence-corrected chi connectivity index (χ0v) is 20.1. The number of fused-ring (bicyclic) bond motifs is 1. The Kier molecular flexibility index (Phi) is 6.46. The second-order valence-electron chi connectivity index (χ2n) is 8.25. The van der Waals surface area contributed by atoms with Crippen LogP contribution in [0.25, 0.3) is 22.6 Å². The maximum absolute atomic E-state index is 13.1. The van der Waals surface area contributed by atoms with E-state index in [9.17, 15) is 17.6 Å². The van der Waals surface area contributed by atoms with Crippen molar-refractivity contribution in [3.8, 4) is 17.4 Å². The molecule has 10 nitrogen and oxygen atoms in total. The minimum absolute atomic E-state index is 0.0177. The number of sulfonamides is 1. The lowest BCUT2D eigenvalue weighted by atomic mass is 9.97. The number of ether oxygens (including phenoxy) is 1. The van der Waals surface area contributed by atoms with Gasteiger partial charge in [-0.15, -0.1) is 5.10 Å². The van der Waals surface area contributed by atoms with Crippen LogP contribution in [0.2, 0.25) is 0 Å². The van der Waals surface area contributed by atoms with Crippen LogP contribution < -0.4 is 10.1 Å². The Morgan fingerprint density at radius 3 is 2.61 bits per heavy atom. The normalized spacial score (nSPS) is 15.3. The van der Waals surface area contributed by atoms with E-state index < -0.39 is 21.8 Å². The first kappa shape index (κ1) is 23.9. The molecule has 0 bridgehead atoms. The van der Waals surface area contributed by atoms with Gasteiger partial charge in [-0.2, -0.15) is 4.31 Å². The number of halogens is 1. The quantitative estimate of drug-likeness (QED) is 0.391. The third-order valence-electron chi connectivity index (χ3n) is 5.95. The molecule has 2 aromatic heterocycles. The second kappa shape index (κ2) is 9.70. The van der Waals surface area contributed by atoms with E-state index in [0.717, 1.165) is 17.5 Å². The molecule has 1 amide bonds. The predicted molar refractivity (Wildman–Crippen MR) is 127 cm³/mol. The third-order valence-corrected chi connectivity index (χ3v) is 7.86. The molecule has 12 heteroatoms. The van der Waals surface area contributed by atoms with Crippen molar-refractivity contribution in [1.29, 1.82) is 0 Å². The van der Waals surface area contributed by atoms with Crippen LogP contribution in [0.15, 0.2) is 62.3 Å². The number of carbonyl (C=O) groups excluding carboxylic acids is 1. The number of furan rings is 1. The van der Waals surface area contributed by atoms with Crippen molar-refractivity contribution in [3.63, 3.8) is 0 Å². The average Bonchev–Trinajstić information content (AvgIpc) is 3.52. The van der Waals surface area contributed by atoms with Gasteiger partial charge in [-0.05, 0) is 56.2 Å². The Morgan fingerprint density at radius 1 is 1.14 bits per heavy atom. The van der Waals surface area contributed by atoms with Gasteiger partial charge in [0, 0.05) is 24.4 Å². The summed E-state index contributed by atoms with van der Waals surface area (Å²) < 4.78 is 57.0. The predicted octanol–water partition coefficient (Wildman–Crippen LogP) is 4.06. The molecular formula is C24H23FN4O6S. The van der Waals surface area contributed by atoms with E-state index in [2.05, 4.69) is 15.5 Å². The first-order valence-corrected chi connectivity index (χ1v) is 12.8. The van der Waals surface area contributed by atoms with Gasteiger partial charge in [-0.3, -0.25) is 10.1 Å². The summed E-state index contributed by atoms with van der Waals surface area (Å²) in [5, 5.41) is 11.3. The van der Waals surface area contributed by atoms with Gasteiger partial charge in [0.25, 0.3) is 5.89 Å². The van der Waals surface area contributed by atoms with Gasteiger partial charge in [-0.1, -0.05) is 17.2 Å². The van der Waals surface area contributed by atoms with Gasteiger partial charge in [0.05, 0.1) is 11.5 Å². The number of hydrogen-bond acceptors (Lipinski definition) is 8. The lowest BCUT2D eigenvalue weighted by Crippen LogP contribution is -2.41. The lowest BCUT2D eigenvalue weighted by Gasteiger charge is -2.30. The van der Waals surface area contributed by atoms with Crippen molar-refractivity contribution < 1.29 is 31.2 Å². The summed E-state index contributed by atoms with van der Waals surface area (Å²) in [4.78, 5) is 12.8. The third kappa shape index (κ3) is 4.69. The molecule has 1 saturated heterocycles. The number of nitrogens with zero attached hydrogens (tertiary/aromatic N) is 3. The van der Waals surface area contributed by atoms with Crippen LogP contribution in [-0.2, 0) is 14.8 Å². The minimum Gasteiger partial charge on any atom is -0.490 e. The van der Waals surface area contributed by atoms with Crippen molar-refractivity contribution in [3.05, 3.63) is 54.3 Å². The van der Waals surface area contributed by atoms with E-state index in [1.165, 1.54) is 16.4 Å². The first-order chi connectivity index (χ1) is 17.3. The highest BCUT2D eigenvalue weighted by molar-refractivity contribution is 7.89. The van der Waals surface area contributed by atoms with E-state index in [1.807, 2.05) is 19.1 Å². The maximum Gasteiger partial charge on any atom is 0.322 e. The van der Waals surface area contributed by atoms with Crippen LogP contribution in [0, 0.1) is 11.7 Å². The molecule has 1 N–H and O–H groups in total. The van der Waals surface area contributed by atoms with Crippen molar-refractivity contribution in [1.82, 2.24) is 14.5 Å². The summed E-state index contributed by atoms with van der Waals surface area (Å²) in [6.45, 7) is 2.69. The number of piperidine rings is 1. The Labute approximate surface area is 206 Å². The number of carbonyl (C=O) groups is 1. The zero-order chi connectivity index (χ0) is 25.3. The molecule has 0 unspecified atom stereocenters. The molecule has 4 aromatic rings. The molecule has 0 radical (unpaired) electrons. The lowest BCUT2D eigenvalue weighted by molar-refractivity contribution is -0.121. The molecule has 1 aliphatic rings. The Morgan fingerprint density at radius 2 is 1.89 bits per heavy atom. The summed E-state index contributed by atoms with van der Waals surface area (Å²) in [5.41, 5.74) is 0.556. The summed E-state index contributed by atoms with van der Waals surface area (Å²) >= 11 is 0. The van der Waals surface area contributed by atoms with Crippen LogP contribution in [0.1, 0.15) is 19.8 Å². The fourth-order valence-electron chi connectivity index (χ4n) is 4.11. The monoisotopic (exact) mass is 514 g/mol. The summed E-state index contributed by atoms with van der Waals surface area (Å²) in [5.74, 6) is -0.243. The number of benzene rings is 2. The topological polar surface area (TPSA) is 128 Å². The number of anilines is 1. The number of rotatable bonds is 7. The van der Waals surface area contributed by atoms with E-state index in [0.29, 0.717) is 36.5 Å². The SMILES string of the molecule is CCOc1cccc2cc(-c3nnc(NC(=O)C4CCN(S(=O)(=O)c5ccc(F)cc5)CC4)o3)oc12. The number of nitrogens with one attached hydrogen (secondary N) is 1.